The first-order chi connectivity index (χ1) is 9.72. The maximum Gasteiger partial charge on any atom is 0.0930 e. The van der Waals surface area contributed by atoms with Crippen LogP contribution in [0.5, 0.6) is 0 Å². The molecular weight excluding hydrogens is 494 g/mol. The van der Waals surface area contributed by atoms with Crippen LogP contribution in [0.25, 0.3) is 0 Å². The molecule has 0 nitrogen and oxygen atoms in total. The van der Waals surface area contributed by atoms with Crippen molar-refractivity contribution in [3.8, 4) is 0 Å². The first-order valence-corrected chi connectivity index (χ1v) is 17.9. The van der Waals surface area contributed by atoms with Crippen LogP contribution in [-0.2, 0) is 0 Å². The Morgan fingerprint density at radius 3 is 1.05 bits per heavy atom. The Hall–Kier alpha value is 1.66. The molecule has 4 rings (SSSR count). The molecule has 0 unspecified atom stereocenters. The van der Waals surface area contributed by atoms with E-state index in [9.17, 15) is 0 Å². The Labute approximate surface area is 153 Å². The summed E-state index contributed by atoms with van der Waals surface area (Å²) in [4.78, 5) is 5.71. The second-order valence-electron chi connectivity index (χ2n) is 3.68. The molecule has 2 aliphatic rings. The summed E-state index contributed by atoms with van der Waals surface area (Å²) < 4.78 is 0. The van der Waals surface area contributed by atoms with E-state index in [0.717, 1.165) is 0 Å². The molecule has 0 saturated heterocycles. The molecular formula is C12H8Br2P2S4. The topological polar surface area (TPSA) is 0 Å². The molecule has 8 heteroatoms. The Bertz CT molecular complexity index is 510. The lowest BCUT2D eigenvalue weighted by Crippen LogP contribution is -1.65. The first-order valence-electron chi connectivity index (χ1n) is 5.54. The van der Waals surface area contributed by atoms with Gasteiger partial charge in [-0.25, -0.2) is 0 Å². The molecule has 2 aliphatic heterocycles. The van der Waals surface area contributed by atoms with Gasteiger partial charge < -0.3 is 0 Å². The molecule has 0 amide bonds. The quantitative estimate of drug-likeness (QED) is 0.330. The van der Waals surface area contributed by atoms with Gasteiger partial charge in [0.15, 0.2) is 0 Å². The van der Waals surface area contributed by atoms with Crippen LogP contribution >= 0.6 is 86.6 Å². The molecule has 0 aromatic heterocycles. The molecule has 0 aliphatic carbocycles. The van der Waals surface area contributed by atoms with Crippen LogP contribution in [0.15, 0.2) is 68.1 Å². The Morgan fingerprint density at radius 2 is 0.800 bits per heavy atom. The van der Waals surface area contributed by atoms with E-state index in [2.05, 4.69) is 79.5 Å². The van der Waals surface area contributed by atoms with Crippen LogP contribution in [0, 0.1) is 0 Å². The van der Waals surface area contributed by atoms with Crippen LogP contribution in [-0.4, -0.2) is 0 Å². The number of halogens is 2. The van der Waals surface area contributed by atoms with Crippen LogP contribution in [0.4, 0.5) is 0 Å². The van der Waals surface area contributed by atoms with Gasteiger partial charge >= 0.3 is 0 Å². The summed E-state index contributed by atoms with van der Waals surface area (Å²) in [6.07, 6.45) is 0. The summed E-state index contributed by atoms with van der Waals surface area (Å²) in [5, 5.41) is -0.0921. The van der Waals surface area contributed by atoms with Gasteiger partial charge in [0.1, 0.15) is 0 Å². The number of hydrogen-bond acceptors (Lipinski definition) is 4. The van der Waals surface area contributed by atoms with E-state index in [4.69, 9.17) is 0 Å². The summed E-state index contributed by atoms with van der Waals surface area (Å²) in [6, 6.07) is 17.1. The van der Waals surface area contributed by atoms with E-state index in [1.165, 1.54) is 19.6 Å². The van der Waals surface area contributed by atoms with Gasteiger partial charge in [0, 0.05) is 19.6 Å². The summed E-state index contributed by atoms with van der Waals surface area (Å²) in [7, 11) is 0. The van der Waals surface area contributed by atoms with Gasteiger partial charge in [-0.2, -0.15) is 0 Å². The molecule has 0 radical (unpaired) electrons. The molecule has 104 valence electrons. The largest absolute Gasteiger partial charge is 0.0930 e. The van der Waals surface area contributed by atoms with Gasteiger partial charge in [0.25, 0.3) is 0 Å². The number of fused-ring (bicyclic) bond motifs is 2. The van der Waals surface area contributed by atoms with Crippen molar-refractivity contribution in [3.63, 3.8) is 0 Å². The zero-order chi connectivity index (χ0) is 13.9. The Balaban J connectivity index is 0.000000121. The van der Waals surface area contributed by atoms with Gasteiger partial charge in [-0.1, -0.05) is 69.8 Å². The lowest BCUT2D eigenvalue weighted by atomic mass is 10.4. The second kappa shape index (κ2) is 7.97. The van der Waals surface area contributed by atoms with Crippen LogP contribution < -0.4 is 0 Å². The van der Waals surface area contributed by atoms with Gasteiger partial charge in [-0.3, -0.25) is 0 Å². The van der Waals surface area contributed by atoms with E-state index in [1.807, 2.05) is 45.5 Å². The lowest BCUT2D eigenvalue weighted by Gasteiger charge is -1.89. The lowest BCUT2D eigenvalue weighted by molar-refractivity contribution is 1.27. The maximum absolute atomic E-state index is 3.61. The Kier molecular flexibility index (Phi) is 6.58. The summed E-state index contributed by atoms with van der Waals surface area (Å²) in [5.74, 6) is 0. The van der Waals surface area contributed by atoms with Crippen molar-refractivity contribution in [1.29, 1.82) is 0 Å². The van der Waals surface area contributed by atoms with E-state index < -0.39 is 0 Å². The van der Waals surface area contributed by atoms with Crippen LogP contribution in [0.2, 0.25) is 0 Å². The van der Waals surface area contributed by atoms with Crippen LogP contribution in [0.3, 0.4) is 0 Å². The van der Waals surface area contributed by atoms with Gasteiger partial charge in [-0.05, 0) is 55.2 Å². The highest BCUT2D eigenvalue weighted by Crippen LogP contribution is 2.78. The van der Waals surface area contributed by atoms with E-state index in [0.29, 0.717) is 0 Å². The number of benzene rings is 2. The fraction of sp³-hybridized carbons (Fsp3) is 0. The normalized spacial score (nSPS) is 17.3. The van der Waals surface area contributed by atoms with Crippen molar-refractivity contribution in [3.05, 3.63) is 48.5 Å². The highest BCUT2D eigenvalue weighted by molar-refractivity contribution is 9.58. The van der Waals surface area contributed by atoms with Gasteiger partial charge in [0.05, 0.1) is 10.1 Å². The first kappa shape index (κ1) is 16.5. The molecule has 0 atom stereocenters. The third-order valence-electron chi connectivity index (χ3n) is 2.38. The highest BCUT2D eigenvalue weighted by atomic mass is 79.9. The fourth-order valence-corrected chi connectivity index (χ4v) is 17.8. The maximum atomic E-state index is 3.61. The third-order valence-corrected chi connectivity index (χ3v) is 17.4. The summed E-state index contributed by atoms with van der Waals surface area (Å²) in [5.41, 5.74) is 0. The van der Waals surface area contributed by atoms with Gasteiger partial charge in [0.2, 0.25) is 0 Å². The monoisotopic (exact) mass is 500 g/mol. The molecule has 2 heterocycles. The molecule has 20 heavy (non-hydrogen) atoms. The predicted octanol–water partition coefficient (Wildman–Crippen LogP) is 9.01. The zero-order valence-electron chi connectivity index (χ0n) is 9.90. The van der Waals surface area contributed by atoms with Crippen molar-refractivity contribution in [1.82, 2.24) is 0 Å². The summed E-state index contributed by atoms with van der Waals surface area (Å²) >= 11 is 15.0. The SMILES string of the molecule is BrP1Sc2ccccc2S1.BrP1Sc2ccccc2S1. The average Bonchev–Trinajstić information content (AvgIpc) is 2.99. The highest BCUT2D eigenvalue weighted by Gasteiger charge is 2.20. The van der Waals surface area contributed by atoms with Crippen molar-refractivity contribution in [2.75, 3.05) is 0 Å². The molecule has 0 spiro atoms. The second-order valence-corrected chi connectivity index (χ2v) is 24.9. The number of hydrogen-bond donors (Lipinski definition) is 0. The minimum absolute atomic E-state index is 0.0460. The third kappa shape index (κ3) is 4.35. The van der Waals surface area contributed by atoms with E-state index >= 15 is 0 Å². The van der Waals surface area contributed by atoms with Crippen molar-refractivity contribution >= 4 is 86.6 Å². The molecule has 0 bridgehead atoms. The van der Waals surface area contributed by atoms with E-state index in [1.54, 1.807) is 0 Å². The minimum Gasteiger partial charge on any atom is -0.0740 e. The average molecular weight is 502 g/mol. The van der Waals surface area contributed by atoms with Gasteiger partial charge in [-0.15, -0.1) is 0 Å². The molecule has 0 fully saturated rings. The molecule has 0 saturated carbocycles. The summed E-state index contributed by atoms with van der Waals surface area (Å²) in [6.45, 7) is 0. The zero-order valence-corrected chi connectivity index (χ0v) is 18.1. The van der Waals surface area contributed by atoms with E-state index in [-0.39, 0.29) is 10.1 Å². The molecule has 2 aromatic rings. The Morgan fingerprint density at radius 1 is 0.550 bits per heavy atom. The standard InChI is InChI=1S/2C6H4BrPS2/c2*7-8-9-5-3-1-2-4-6(5)10-8/h2*1-4H. The van der Waals surface area contributed by atoms with Crippen molar-refractivity contribution in [2.24, 2.45) is 0 Å². The molecule has 2 aromatic carbocycles. The number of rotatable bonds is 0. The van der Waals surface area contributed by atoms with Crippen molar-refractivity contribution < 1.29 is 0 Å². The fourth-order valence-electron chi connectivity index (χ4n) is 1.55. The minimum atomic E-state index is -0.0460. The van der Waals surface area contributed by atoms with Crippen LogP contribution in [0.1, 0.15) is 0 Å². The van der Waals surface area contributed by atoms with Crippen molar-refractivity contribution in [2.45, 2.75) is 19.6 Å². The molecule has 0 N–H and O–H groups in total. The smallest absolute Gasteiger partial charge is 0.0740 e. The predicted molar refractivity (Wildman–Crippen MR) is 108 cm³/mol.